The molecule has 1 aliphatic rings. The summed E-state index contributed by atoms with van der Waals surface area (Å²) in [6, 6.07) is -1.04. The average Bonchev–Trinajstić information content (AvgIpc) is 3.51. The first-order valence-corrected chi connectivity index (χ1v) is 34.0. The van der Waals surface area contributed by atoms with E-state index in [1.807, 2.05) is 18.2 Å². The van der Waals surface area contributed by atoms with E-state index in [2.05, 4.69) is 99.0 Å². The molecule has 0 aromatic heterocycles. The molecule has 0 bridgehead atoms. The number of aliphatic hydroxyl groups is 5. The van der Waals surface area contributed by atoms with Crippen LogP contribution in [0.4, 0.5) is 0 Å². The predicted molar refractivity (Wildman–Crippen MR) is 347 cm³/mol. The van der Waals surface area contributed by atoms with Crippen LogP contribution in [0.3, 0.4) is 0 Å². The molecule has 8 atom stereocenters. The van der Waals surface area contributed by atoms with Crippen LogP contribution in [0.25, 0.3) is 0 Å². The summed E-state index contributed by atoms with van der Waals surface area (Å²) in [7, 11) is 0. The van der Waals surface area contributed by atoms with Gasteiger partial charge in [0.25, 0.3) is 0 Å². The van der Waals surface area contributed by atoms with E-state index in [9.17, 15) is 35.1 Å². The highest BCUT2D eigenvalue weighted by Gasteiger charge is 2.47. The number of allylic oxidation sites excluding steroid dienone is 15. The molecule has 0 spiro atoms. The third-order valence-corrected chi connectivity index (χ3v) is 15.5. The molecule has 0 aromatic carbocycles. The van der Waals surface area contributed by atoms with Gasteiger partial charge in [-0.1, -0.05) is 285 Å². The molecule has 1 aliphatic heterocycles. The first-order valence-electron chi connectivity index (χ1n) is 34.0. The molecule has 1 saturated heterocycles. The fourth-order valence-corrected chi connectivity index (χ4v) is 10.2. The van der Waals surface area contributed by atoms with E-state index in [1.165, 1.54) is 128 Å². The van der Waals surface area contributed by atoms with Crippen LogP contribution in [0.2, 0.25) is 0 Å². The van der Waals surface area contributed by atoms with Crippen molar-refractivity contribution >= 4 is 11.9 Å². The number of nitrogens with one attached hydrogen (secondary N) is 1. The fraction of sp³-hybridized carbons (Fsp3) is 0.750. The van der Waals surface area contributed by atoms with E-state index in [0.717, 1.165) is 109 Å². The number of hydrogen-bond donors (Lipinski definition) is 6. The van der Waals surface area contributed by atoms with Gasteiger partial charge in [0.05, 0.1) is 25.4 Å². The monoisotopic (exact) mass is 1160 g/mol. The number of rotatable bonds is 57. The number of esters is 1. The van der Waals surface area contributed by atoms with Crippen molar-refractivity contribution in [3.63, 3.8) is 0 Å². The number of unbranched alkanes of at least 4 members (excludes halogenated alkanes) is 31. The normalized spacial score (nSPS) is 19.2. The zero-order chi connectivity index (χ0) is 60.3. The predicted octanol–water partition coefficient (Wildman–Crippen LogP) is 17.1. The number of hydrogen-bond acceptors (Lipinski definition) is 10. The lowest BCUT2D eigenvalue weighted by Gasteiger charge is -2.41. The van der Waals surface area contributed by atoms with Gasteiger partial charge >= 0.3 is 5.97 Å². The number of aliphatic hydroxyl groups excluding tert-OH is 5. The van der Waals surface area contributed by atoms with E-state index in [4.69, 9.17) is 14.2 Å². The minimum Gasteiger partial charge on any atom is -0.454 e. The lowest BCUT2D eigenvalue weighted by Crippen LogP contribution is -2.61. The summed E-state index contributed by atoms with van der Waals surface area (Å²) >= 11 is 0. The number of carbonyl (C=O) groups excluding carboxylic acids is 2. The minimum absolute atomic E-state index is 0.114. The third-order valence-electron chi connectivity index (χ3n) is 15.5. The molecule has 83 heavy (non-hydrogen) atoms. The van der Waals surface area contributed by atoms with Gasteiger partial charge < -0.3 is 45.1 Å². The van der Waals surface area contributed by atoms with Crippen LogP contribution >= 0.6 is 0 Å². The van der Waals surface area contributed by atoms with Crippen molar-refractivity contribution in [1.29, 1.82) is 0 Å². The standard InChI is InChI=1S/C72H125NO10/c1-4-7-10-13-16-19-22-25-27-28-29-30-31-32-33-34-35-36-37-38-39-42-45-48-51-54-57-60-67(77)83-70-69(79)68(78)66(61-74)82-72(70)81-62-63(64(75)58-55-52-49-46-43-40-24-21-18-15-12-9-6-3)73-71(80)65(76)59-56-53-50-47-44-41-26-23-20-17-14-11-8-5-2/h8,11,14,16-17,19-20,23,25,27,29-30,32-33,55,58,63-66,68-70,72,74-76,78-79H,4-7,9-10,12-13,15,18,21-22,24,26,28,31,34-54,56-57,59-62H2,1-3H3,(H,73,80)/b11-8+,17-14+,19-16-,23-20+,27-25-,30-29-,33-32-,58-55+. The van der Waals surface area contributed by atoms with E-state index in [1.54, 1.807) is 6.08 Å². The van der Waals surface area contributed by atoms with Gasteiger partial charge in [0.15, 0.2) is 12.4 Å². The van der Waals surface area contributed by atoms with Crippen LogP contribution in [-0.2, 0) is 23.8 Å². The molecule has 0 aliphatic carbocycles. The molecule has 11 heteroatoms. The molecule has 6 N–H and O–H groups in total. The molecular formula is C72H125NO10. The Hall–Kier alpha value is -3.42. The van der Waals surface area contributed by atoms with Gasteiger partial charge in [-0.3, -0.25) is 9.59 Å². The number of amides is 1. The first-order chi connectivity index (χ1) is 40.7. The summed E-state index contributed by atoms with van der Waals surface area (Å²) < 4.78 is 17.7. The molecule has 0 saturated carbocycles. The summed E-state index contributed by atoms with van der Waals surface area (Å²) in [4.78, 5) is 26.6. The summed E-state index contributed by atoms with van der Waals surface area (Å²) in [5.74, 6) is -1.21. The molecule has 0 aromatic rings. The maximum atomic E-state index is 13.4. The highest BCUT2D eigenvalue weighted by atomic mass is 16.7. The molecule has 1 rings (SSSR count). The second-order valence-corrected chi connectivity index (χ2v) is 23.2. The topological polar surface area (TPSA) is 175 Å². The zero-order valence-electron chi connectivity index (χ0n) is 53.0. The molecule has 0 radical (unpaired) electrons. The highest BCUT2D eigenvalue weighted by molar-refractivity contribution is 5.80. The van der Waals surface area contributed by atoms with Crippen molar-refractivity contribution in [3.05, 3.63) is 97.2 Å². The van der Waals surface area contributed by atoms with E-state index >= 15 is 0 Å². The third kappa shape index (κ3) is 46.5. The Bertz CT molecular complexity index is 1720. The summed E-state index contributed by atoms with van der Waals surface area (Å²) in [5.41, 5.74) is 0. The van der Waals surface area contributed by atoms with Crippen LogP contribution in [0.1, 0.15) is 284 Å². The maximum absolute atomic E-state index is 13.4. The molecule has 8 unspecified atom stereocenters. The van der Waals surface area contributed by atoms with Gasteiger partial charge in [-0.2, -0.15) is 0 Å². The fourth-order valence-electron chi connectivity index (χ4n) is 10.2. The van der Waals surface area contributed by atoms with Crippen LogP contribution in [0, 0.1) is 0 Å². The molecule has 478 valence electrons. The second kappa shape index (κ2) is 58.9. The maximum Gasteiger partial charge on any atom is 0.306 e. The van der Waals surface area contributed by atoms with Gasteiger partial charge in [0.2, 0.25) is 5.91 Å². The van der Waals surface area contributed by atoms with Gasteiger partial charge in [0, 0.05) is 6.42 Å². The summed E-state index contributed by atoms with van der Waals surface area (Å²) in [6.07, 6.45) is 68.7. The van der Waals surface area contributed by atoms with Gasteiger partial charge in [-0.05, 0) is 89.9 Å². The van der Waals surface area contributed by atoms with Gasteiger partial charge in [-0.25, -0.2) is 0 Å². The van der Waals surface area contributed by atoms with Crippen LogP contribution in [0.15, 0.2) is 97.2 Å². The Morgan fingerprint density at radius 2 is 0.916 bits per heavy atom. The van der Waals surface area contributed by atoms with Crippen molar-refractivity contribution in [1.82, 2.24) is 5.32 Å². The first kappa shape index (κ1) is 77.6. The Labute approximate surface area is 507 Å². The largest absolute Gasteiger partial charge is 0.454 e. The molecule has 1 fully saturated rings. The average molecular weight is 1160 g/mol. The lowest BCUT2D eigenvalue weighted by atomic mass is 9.99. The van der Waals surface area contributed by atoms with Crippen molar-refractivity contribution in [3.8, 4) is 0 Å². The second-order valence-electron chi connectivity index (χ2n) is 23.2. The van der Waals surface area contributed by atoms with Gasteiger partial charge in [0.1, 0.15) is 24.4 Å². The Kier molecular flexibility index (Phi) is 55.1. The zero-order valence-corrected chi connectivity index (χ0v) is 53.0. The number of ether oxygens (including phenoxy) is 3. The van der Waals surface area contributed by atoms with E-state index < -0.39 is 67.4 Å². The smallest absolute Gasteiger partial charge is 0.306 e. The van der Waals surface area contributed by atoms with Gasteiger partial charge in [-0.15, -0.1) is 0 Å². The Morgan fingerprint density at radius 1 is 0.494 bits per heavy atom. The summed E-state index contributed by atoms with van der Waals surface area (Å²) in [6.45, 7) is 5.63. The quantitative estimate of drug-likeness (QED) is 0.0149. The lowest BCUT2D eigenvalue weighted by molar-refractivity contribution is -0.305. The molecule has 1 heterocycles. The van der Waals surface area contributed by atoms with E-state index in [-0.39, 0.29) is 19.4 Å². The molecular weight excluding hydrogens is 1040 g/mol. The van der Waals surface area contributed by atoms with Crippen LogP contribution < -0.4 is 5.32 Å². The Balaban J connectivity index is 2.58. The van der Waals surface area contributed by atoms with Crippen LogP contribution in [-0.4, -0.2) is 99.6 Å². The van der Waals surface area contributed by atoms with Crippen molar-refractivity contribution in [2.75, 3.05) is 13.2 Å². The van der Waals surface area contributed by atoms with Crippen molar-refractivity contribution < 1.29 is 49.3 Å². The van der Waals surface area contributed by atoms with E-state index in [0.29, 0.717) is 12.8 Å². The molecule has 11 nitrogen and oxygen atoms in total. The summed E-state index contributed by atoms with van der Waals surface area (Å²) in [5, 5.41) is 57.1. The van der Waals surface area contributed by atoms with Crippen molar-refractivity contribution in [2.24, 2.45) is 0 Å². The number of carbonyl (C=O) groups is 2. The SMILES string of the molecule is CC/C=C/C=C/C=C/CCCCCCCCC(O)C(=O)NC(COC1OC(CO)C(O)C(O)C1OC(=O)CCCCCCCCCCCCC/C=C\C/C=C\C/C=C\C/C=C\CCCCC)C(O)/C=C/CCCCCCCCCCCCC. The highest BCUT2D eigenvalue weighted by Crippen LogP contribution is 2.26. The van der Waals surface area contributed by atoms with Crippen molar-refractivity contribution in [2.45, 2.75) is 333 Å². The van der Waals surface area contributed by atoms with Crippen LogP contribution in [0.5, 0.6) is 0 Å². The molecule has 1 amide bonds. The minimum atomic E-state index is -1.62. The Morgan fingerprint density at radius 3 is 1.42 bits per heavy atom.